The minimum Gasteiger partial charge on any atom is -0.494 e. The highest BCUT2D eigenvalue weighted by Crippen LogP contribution is 2.33. The topological polar surface area (TPSA) is 15.7 Å². The zero-order valence-corrected chi connectivity index (χ0v) is 14.8. The van der Waals surface area contributed by atoms with E-state index in [1.54, 1.807) is 7.11 Å². The summed E-state index contributed by atoms with van der Waals surface area (Å²) in [6.45, 7) is 12.6. The molecule has 124 valence electrons. The number of hydrogen-bond donors (Lipinski definition) is 0. The van der Waals surface area contributed by atoms with Crippen molar-refractivity contribution in [3.63, 3.8) is 0 Å². The number of methoxy groups -OCH3 is 1. The first-order valence-electron chi connectivity index (χ1n) is 8.78. The van der Waals surface area contributed by atoms with Crippen molar-refractivity contribution >= 4 is 5.69 Å². The second-order valence-electron chi connectivity index (χ2n) is 6.73. The molecule has 1 heterocycles. The van der Waals surface area contributed by atoms with Gasteiger partial charge in [0.05, 0.1) is 12.8 Å². The standard InChI is InChI=1S/C19H32N2O/c1-5-7-17-8-6-9-18(19(17)22-4)21-14-12-20(13-15-21)11-10-16(2)3/h6,8-9,16H,5,7,10-15H2,1-4H3. The van der Waals surface area contributed by atoms with Gasteiger partial charge in [-0.05, 0) is 36.9 Å². The molecule has 1 fully saturated rings. The Morgan fingerprint density at radius 2 is 1.86 bits per heavy atom. The lowest BCUT2D eigenvalue weighted by molar-refractivity contribution is 0.243. The SMILES string of the molecule is CCCc1cccc(N2CCN(CCC(C)C)CC2)c1OC. The fourth-order valence-corrected chi connectivity index (χ4v) is 3.18. The highest BCUT2D eigenvalue weighted by atomic mass is 16.5. The number of para-hydroxylation sites is 1. The van der Waals surface area contributed by atoms with E-state index >= 15 is 0 Å². The molecule has 22 heavy (non-hydrogen) atoms. The Hall–Kier alpha value is -1.22. The number of anilines is 1. The molecule has 3 nitrogen and oxygen atoms in total. The van der Waals surface area contributed by atoms with Crippen LogP contribution < -0.4 is 9.64 Å². The molecule has 0 aliphatic carbocycles. The van der Waals surface area contributed by atoms with Crippen LogP contribution in [-0.2, 0) is 6.42 Å². The molecular weight excluding hydrogens is 272 g/mol. The van der Waals surface area contributed by atoms with E-state index in [9.17, 15) is 0 Å². The van der Waals surface area contributed by atoms with Gasteiger partial charge in [-0.1, -0.05) is 39.3 Å². The zero-order chi connectivity index (χ0) is 15.9. The lowest BCUT2D eigenvalue weighted by Crippen LogP contribution is -2.46. The van der Waals surface area contributed by atoms with Crippen LogP contribution in [-0.4, -0.2) is 44.7 Å². The molecule has 0 spiro atoms. The van der Waals surface area contributed by atoms with Gasteiger partial charge >= 0.3 is 0 Å². The fourth-order valence-electron chi connectivity index (χ4n) is 3.18. The van der Waals surface area contributed by atoms with Crippen LogP contribution in [0.3, 0.4) is 0 Å². The van der Waals surface area contributed by atoms with Crippen LogP contribution >= 0.6 is 0 Å². The molecule has 1 aliphatic heterocycles. The van der Waals surface area contributed by atoms with E-state index < -0.39 is 0 Å². The van der Waals surface area contributed by atoms with Crippen molar-refractivity contribution in [1.29, 1.82) is 0 Å². The van der Waals surface area contributed by atoms with E-state index in [-0.39, 0.29) is 0 Å². The van der Waals surface area contributed by atoms with E-state index in [1.807, 2.05) is 0 Å². The van der Waals surface area contributed by atoms with Crippen molar-refractivity contribution in [2.45, 2.75) is 40.0 Å². The fraction of sp³-hybridized carbons (Fsp3) is 0.684. The van der Waals surface area contributed by atoms with Crippen molar-refractivity contribution in [1.82, 2.24) is 4.90 Å². The molecule has 0 atom stereocenters. The summed E-state index contributed by atoms with van der Waals surface area (Å²) in [5.41, 5.74) is 2.61. The number of aryl methyl sites for hydroxylation is 1. The molecule has 0 radical (unpaired) electrons. The molecule has 3 heteroatoms. The third-order valence-corrected chi connectivity index (χ3v) is 4.53. The summed E-state index contributed by atoms with van der Waals surface area (Å²) >= 11 is 0. The normalized spacial score (nSPS) is 16.3. The summed E-state index contributed by atoms with van der Waals surface area (Å²) in [6.07, 6.45) is 3.55. The predicted octanol–water partition coefficient (Wildman–Crippen LogP) is 3.82. The minimum absolute atomic E-state index is 0.795. The summed E-state index contributed by atoms with van der Waals surface area (Å²) in [4.78, 5) is 5.09. The first-order chi connectivity index (χ1) is 10.7. The second kappa shape index (κ2) is 8.42. The van der Waals surface area contributed by atoms with Crippen molar-refractivity contribution in [3.8, 4) is 5.75 Å². The van der Waals surface area contributed by atoms with Gasteiger partial charge in [0.15, 0.2) is 0 Å². The highest BCUT2D eigenvalue weighted by Gasteiger charge is 2.20. The first-order valence-corrected chi connectivity index (χ1v) is 8.78. The van der Waals surface area contributed by atoms with Crippen LogP contribution in [0, 0.1) is 5.92 Å². The van der Waals surface area contributed by atoms with Gasteiger partial charge in [-0.25, -0.2) is 0 Å². The Balaban J connectivity index is 2.00. The monoisotopic (exact) mass is 304 g/mol. The van der Waals surface area contributed by atoms with Crippen LogP contribution in [0.15, 0.2) is 18.2 Å². The molecule has 2 rings (SSSR count). The van der Waals surface area contributed by atoms with Crippen molar-refractivity contribution in [2.75, 3.05) is 44.7 Å². The number of hydrogen-bond acceptors (Lipinski definition) is 3. The number of ether oxygens (including phenoxy) is 1. The summed E-state index contributed by atoms with van der Waals surface area (Å²) in [7, 11) is 1.80. The van der Waals surface area contributed by atoms with E-state index in [1.165, 1.54) is 24.2 Å². The molecular formula is C19H32N2O. The van der Waals surface area contributed by atoms with Gasteiger partial charge < -0.3 is 9.64 Å². The molecule has 1 aliphatic rings. The quantitative estimate of drug-likeness (QED) is 0.762. The average molecular weight is 304 g/mol. The molecule has 0 aromatic heterocycles. The third kappa shape index (κ3) is 4.39. The van der Waals surface area contributed by atoms with E-state index in [0.717, 1.165) is 50.7 Å². The summed E-state index contributed by atoms with van der Waals surface area (Å²) < 4.78 is 5.73. The van der Waals surface area contributed by atoms with Gasteiger partial charge in [-0.2, -0.15) is 0 Å². The van der Waals surface area contributed by atoms with Crippen LogP contribution in [0.1, 0.15) is 39.2 Å². The Morgan fingerprint density at radius 3 is 2.45 bits per heavy atom. The molecule has 0 N–H and O–H groups in total. The van der Waals surface area contributed by atoms with Crippen LogP contribution in [0.25, 0.3) is 0 Å². The third-order valence-electron chi connectivity index (χ3n) is 4.53. The Bertz CT molecular complexity index is 451. The maximum atomic E-state index is 5.73. The smallest absolute Gasteiger partial charge is 0.145 e. The van der Waals surface area contributed by atoms with Gasteiger partial charge in [0.25, 0.3) is 0 Å². The minimum atomic E-state index is 0.795. The molecule has 0 bridgehead atoms. The summed E-state index contributed by atoms with van der Waals surface area (Å²) in [6, 6.07) is 6.58. The maximum absolute atomic E-state index is 5.73. The second-order valence-corrected chi connectivity index (χ2v) is 6.73. The number of rotatable bonds is 7. The van der Waals surface area contributed by atoms with Crippen LogP contribution in [0.5, 0.6) is 5.75 Å². The number of benzene rings is 1. The van der Waals surface area contributed by atoms with Crippen LogP contribution in [0.2, 0.25) is 0 Å². The summed E-state index contributed by atoms with van der Waals surface area (Å²) in [5.74, 6) is 1.88. The van der Waals surface area contributed by atoms with Gasteiger partial charge in [0.2, 0.25) is 0 Å². The number of piperazine rings is 1. The van der Waals surface area contributed by atoms with Crippen molar-refractivity contribution < 1.29 is 4.74 Å². The highest BCUT2D eigenvalue weighted by molar-refractivity contribution is 5.62. The van der Waals surface area contributed by atoms with Crippen molar-refractivity contribution in [2.24, 2.45) is 5.92 Å². The van der Waals surface area contributed by atoms with E-state index in [4.69, 9.17) is 4.74 Å². The maximum Gasteiger partial charge on any atom is 0.145 e. The zero-order valence-electron chi connectivity index (χ0n) is 14.8. The van der Waals surface area contributed by atoms with Crippen LogP contribution in [0.4, 0.5) is 5.69 Å². The van der Waals surface area contributed by atoms with E-state index in [2.05, 4.69) is 48.8 Å². The molecule has 0 amide bonds. The molecule has 1 saturated heterocycles. The van der Waals surface area contributed by atoms with Crippen molar-refractivity contribution in [3.05, 3.63) is 23.8 Å². The molecule has 0 unspecified atom stereocenters. The van der Waals surface area contributed by atoms with Gasteiger partial charge in [-0.15, -0.1) is 0 Å². The Labute approximate surface area is 136 Å². The lowest BCUT2D eigenvalue weighted by Gasteiger charge is -2.37. The molecule has 1 aromatic rings. The molecule has 0 saturated carbocycles. The first kappa shape index (κ1) is 17.1. The Morgan fingerprint density at radius 1 is 1.14 bits per heavy atom. The largest absolute Gasteiger partial charge is 0.494 e. The Kier molecular flexibility index (Phi) is 6.56. The average Bonchev–Trinajstić information content (AvgIpc) is 2.53. The van der Waals surface area contributed by atoms with Gasteiger partial charge in [0.1, 0.15) is 5.75 Å². The number of nitrogens with zero attached hydrogens (tertiary/aromatic N) is 2. The van der Waals surface area contributed by atoms with Gasteiger partial charge in [-0.3, -0.25) is 4.90 Å². The summed E-state index contributed by atoms with van der Waals surface area (Å²) in [5, 5.41) is 0. The predicted molar refractivity (Wildman–Crippen MR) is 95.1 cm³/mol. The lowest BCUT2D eigenvalue weighted by atomic mass is 10.1. The van der Waals surface area contributed by atoms with Gasteiger partial charge in [0, 0.05) is 26.2 Å². The molecule has 1 aromatic carbocycles. The van der Waals surface area contributed by atoms with E-state index in [0.29, 0.717) is 0 Å².